The lowest BCUT2D eigenvalue weighted by Gasteiger charge is -2.46. The van der Waals surface area contributed by atoms with E-state index in [0.717, 1.165) is 43.2 Å². The molecule has 1 saturated carbocycles. The van der Waals surface area contributed by atoms with E-state index < -0.39 is 51.2 Å². The Morgan fingerprint density at radius 2 is 1.98 bits per heavy atom. The first-order valence-corrected chi connectivity index (χ1v) is 19.1. The molecule has 2 aromatic carbocycles. The van der Waals surface area contributed by atoms with Crippen LogP contribution in [0.25, 0.3) is 0 Å². The predicted octanol–water partition coefficient (Wildman–Crippen LogP) is 4.86. The Kier molecular flexibility index (Phi) is 10.5. The normalized spacial score (nSPS) is 29.2. The highest BCUT2D eigenvalue weighted by Gasteiger charge is 2.48. The zero-order chi connectivity index (χ0) is 36.8. The minimum absolute atomic E-state index is 0.148. The van der Waals surface area contributed by atoms with Gasteiger partial charge < -0.3 is 24.4 Å². The number of carbonyl (C=O) groups is 2. The standard InChI is InChI=1S/C36H43ClF3N3O7S/c1-42-15-4-3-7-30(49-2)27-11-8-24(27)19-43-20-34(14-5-6-23-16-26(37)10-12-28(23)34)21-50-31-13-9-25(17-29(31)43)35(46,18-32(42)44)33(45)41-51(47,48)22-36(38,39)40/h3,7,9-10,12-13,16-17,24,27,30,46H,4-6,8,11,14-15,18-22H2,1-2H3,(H,41,45)/b7-3-/t24-,27+,30-,34-,35+/m0/s1. The monoisotopic (exact) mass is 753 g/mol. The molecule has 2 aliphatic heterocycles. The quantitative estimate of drug-likeness (QED) is 0.425. The fraction of sp³-hybridized carbons (Fsp3) is 0.556. The summed E-state index contributed by atoms with van der Waals surface area (Å²) in [5, 5.41) is 12.7. The number of halogens is 4. The lowest BCUT2D eigenvalue weighted by Crippen LogP contribution is -2.51. The number of carbonyl (C=O) groups excluding carboxylic acids is 2. The third-order valence-electron chi connectivity index (χ3n) is 10.9. The van der Waals surface area contributed by atoms with Gasteiger partial charge in [0, 0.05) is 44.2 Å². The van der Waals surface area contributed by atoms with E-state index in [1.807, 2.05) is 30.4 Å². The van der Waals surface area contributed by atoms with E-state index in [1.54, 1.807) is 13.2 Å². The van der Waals surface area contributed by atoms with Crippen LogP contribution in [-0.2, 0) is 41.8 Å². The van der Waals surface area contributed by atoms with Crippen molar-refractivity contribution in [3.8, 4) is 5.75 Å². The summed E-state index contributed by atoms with van der Waals surface area (Å²) in [4.78, 5) is 30.6. The van der Waals surface area contributed by atoms with E-state index >= 15 is 0 Å². The second-order valence-electron chi connectivity index (χ2n) is 14.4. The number of alkyl halides is 3. The number of ether oxygens (including phenoxy) is 2. The number of anilines is 1. The molecule has 0 radical (unpaired) electrons. The van der Waals surface area contributed by atoms with Crippen LogP contribution in [0.2, 0.25) is 5.02 Å². The van der Waals surface area contributed by atoms with Crippen LogP contribution in [0.5, 0.6) is 5.75 Å². The number of amides is 2. The third kappa shape index (κ3) is 7.89. The van der Waals surface area contributed by atoms with Gasteiger partial charge in [0.1, 0.15) is 5.75 Å². The van der Waals surface area contributed by atoms with Crippen molar-refractivity contribution >= 4 is 39.1 Å². The summed E-state index contributed by atoms with van der Waals surface area (Å²) in [5.74, 6) is -3.87. The molecule has 1 fully saturated rings. The Balaban J connectivity index is 1.47. The molecule has 1 spiro atoms. The number of hydrogen-bond acceptors (Lipinski definition) is 8. The van der Waals surface area contributed by atoms with Crippen molar-refractivity contribution in [3.05, 3.63) is 70.3 Å². The van der Waals surface area contributed by atoms with Gasteiger partial charge in [-0.1, -0.05) is 35.9 Å². The minimum Gasteiger partial charge on any atom is -0.490 e. The van der Waals surface area contributed by atoms with Crippen LogP contribution in [-0.4, -0.2) is 88.7 Å². The predicted molar refractivity (Wildman–Crippen MR) is 185 cm³/mol. The molecule has 10 nitrogen and oxygen atoms in total. The first-order valence-electron chi connectivity index (χ1n) is 17.1. The maximum atomic E-state index is 13.7. The Hall–Kier alpha value is -3.33. The van der Waals surface area contributed by atoms with Crippen LogP contribution in [0.1, 0.15) is 55.2 Å². The van der Waals surface area contributed by atoms with Gasteiger partial charge in [0.25, 0.3) is 5.91 Å². The van der Waals surface area contributed by atoms with Crippen LogP contribution in [0.15, 0.2) is 48.6 Å². The Labute approximate surface area is 301 Å². The van der Waals surface area contributed by atoms with Crippen LogP contribution in [0.4, 0.5) is 18.9 Å². The van der Waals surface area contributed by atoms with E-state index in [1.165, 1.54) is 28.8 Å². The summed E-state index contributed by atoms with van der Waals surface area (Å²) >= 11 is 6.40. The minimum atomic E-state index is -5.28. The maximum Gasteiger partial charge on any atom is 0.404 e. The fourth-order valence-electron chi connectivity index (χ4n) is 8.07. The molecule has 51 heavy (non-hydrogen) atoms. The molecule has 15 heteroatoms. The number of aliphatic hydroxyl groups is 1. The first-order chi connectivity index (χ1) is 24.0. The highest BCUT2D eigenvalue weighted by molar-refractivity contribution is 7.90. The molecule has 2 heterocycles. The van der Waals surface area contributed by atoms with Gasteiger partial charge in [0.2, 0.25) is 15.9 Å². The molecular weight excluding hydrogens is 711 g/mol. The Morgan fingerprint density at radius 1 is 1.20 bits per heavy atom. The molecule has 4 aliphatic rings. The number of methoxy groups -OCH3 is 1. The van der Waals surface area contributed by atoms with Crippen LogP contribution >= 0.6 is 11.6 Å². The van der Waals surface area contributed by atoms with E-state index in [2.05, 4.69) is 4.90 Å². The molecule has 5 atom stereocenters. The summed E-state index contributed by atoms with van der Waals surface area (Å²) < 4.78 is 78.1. The molecule has 2 aliphatic carbocycles. The second-order valence-corrected chi connectivity index (χ2v) is 16.5. The Morgan fingerprint density at radius 3 is 2.69 bits per heavy atom. The first kappa shape index (κ1) is 37.4. The average molecular weight is 754 g/mol. The number of benzene rings is 2. The largest absolute Gasteiger partial charge is 0.490 e. The zero-order valence-electron chi connectivity index (χ0n) is 28.5. The number of nitrogens with zero attached hydrogens (tertiary/aromatic N) is 2. The topological polar surface area (TPSA) is 125 Å². The smallest absolute Gasteiger partial charge is 0.404 e. The van der Waals surface area contributed by atoms with Crippen molar-refractivity contribution in [1.29, 1.82) is 0 Å². The molecule has 2 N–H and O–H groups in total. The van der Waals surface area contributed by atoms with Gasteiger partial charge in [-0.3, -0.25) is 9.59 Å². The summed E-state index contributed by atoms with van der Waals surface area (Å²) in [7, 11) is -2.13. The third-order valence-corrected chi connectivity index (χ3v) is 12.3. The van der Waals surface area contributed by atoms with Gasteiger partial charge in [-0.05, 0) is 91.3 Å². The van der Waals surface area contributed by atoms with Crippen molar-refractivity contribution in [1.82, 2.24) is 9.62 Å². The van der Waals surface area contributed by atoms with Gasteiger partial charge in [-0.25, -0.2) is 13.1 Å². The van der Waals surface area contributed by atoms with Gasteiger partial charge in [0.15, 0.2) is 11.4 Å². The molecule has 0 aromatic heterocycles. The SMILES string of the molecule is CO[C@H]1/C=C\CCN(C)C(=O)C[C@](O)(C(=O)NS(=O)(=O)CC(F)(F)F)c2ccc3c(c2)N(C[C@@H]2CC[C@H]21)C[C@@]1(CCCc2cc(Cl)ccc21)CO3. The van der Waals surface area contributed by atoms with Gasteiger partial charge in [-0.2, -0.15) is 13.2 Å². The molecule has 2 amide bonds. The van der Waals surface area contributed by atoms with Crippen LogP contribution < -0.4 is 14.4 Å². The number of hydrogen-bond donors (Lipinski definition) is 2. The van der Waals surface area contributed by atoms with E-state index in [0.29, 0.717) is 42.6 Å². The molecule has 2 bridgehead atoms. The summed E-state index contributed by atoms with van der Waals surface area (Å²) in [6, 6.07) is 10.3. The second kappa shape index (κ2) is 14.2. The van der Waals surface area contributed by atoms with E-state index in [4.69, 9.17) is 21.1 Å². The number of aryl methyl sites for hydroxylation is 1. The molecule has 0 unspecified atom stereocenters. The van der Waals surface area contributed by atoms with E-state index in [-0.39, 0.29) is 30.0 Å². The molecule has 278 valence electrons. The summed E-state index contributed by atoms with van der Waals surface area (Å²) in [6.07, 6.45) is 2.58. The Bertz CT molecular complexity index is 1810. The number of sulfonamides is 1. The van der Waals surface area contributed by atoms with Gasteiger partial charge >= 0.3 is 6.18 Å². The van der Waals surface area contributed by atoms with E-state index in [9.17, 15) is 36.3 Å². The van der Waals surface area contributed by atoms with Crippen molar-refractivity contribution in [2.24, 2.45) is 11.8 Å². The highest BCUT2D eigenvalue weighted by atomic mass is 35.5. The van der Waals surface area contributed by atoms with Gasteiger partial charge in [0.05, 0.1) is 24.8 Å². The van der Waals surface area contributed by atoms with Crippen LogP contribution in [0.3, 0.4) is 0 Å². The van der Waals surface area contributed by atoms with Crippen molar-refractivity contribution in [2.75, 3.05) is 51.1 Å². The molecule has 2 aromatic rings. The molecule has 0 saturated heterocycles. The number of rotatable bonds is 4. The maximum absolute atomic E-state index is 13.7. The van der Waals surface area contributed by atoms with Gasteiger partial charge in [-0.15, -0.1) is 0 Å². The summed E-state index contributed by atoms with van der Waals surface area (Å²) in [5.41, 5.74) is -0.682. The summed E-state index contributed by atoms with van der Waals surface area (Å²) in [6.45, 7) is 1.59. The molecular formula is C36H43ClF3N3O7S. The van der Waals surface area contributed by atoms with Crippen molar-refractivity contribution in [2.45, 2.75) is 68.2 Å². The lowest BCUT2D eigenvalue weighted by atomic mass is 9.68. The number of fused-ring (bicyclic) bond motifs is 4. The average Bonchev–Trinajstić information content (AvgIpc) is 3.19. The number of nitrogens with one attached hydrogen (secondary N) is 1. The van der Waals surface area contributed by atoms with Crippen LogP contribution in [0, 0.1) is 11.8 Å². The zero-order valence-corrected chi connectivity index (χ0v) is 30.1. The molecule has 6 rings (SSSR count). The van der Waals surface area contributed by atoms with Crippen molar-refractivity contribution < 1.29 is 45.8 Å². The van der Waals surface area contributed by atoms with Crippen molar-refractivity contribution in [3.63, 3.8) is 0 Å². The fourth-order valence-corrected chi connectivity index (χ4v) is 9.22. The lowest BCUT2D eigenvalue weighted by molar-refractivity contribution is -0.148. The highest BCUT2D eigenvalue weighted by Crippen LogP contribution is 2.48.